The van der Waals surface area contributed by atoms with Crippen LogP contribution in [0.25, 0.3) is 0 Å². The molecular formula is C76H130NO8P. The second-order valence-corrected chi connectivity index (χ2v) is 25.6. The second kappa shape index (κ2) is 65.6. The van der Waals surface area contributed by atoms with Crippen LogP contribution in [0.3, 0.4) is 0 Å². The number of carbonyl (C=O) groups is 2. The number of phosphoric acid groups is 1. The molecule has 0 N–H and O–H groups in total. The fourth-order valence-corrected chi connectivity index (χ4v) is 10.1. The Morgan fingerprint density at radius 2 is 0.663 bits per heavy atom. The lowest BCUT2D eigenvalue weighted by molar-refractivity contribution is -0.870. The fourth-order valence-electron chi connectivity index (χ4n) is 9.33. The van der Waals surface area contributed by atoms with Crippen LogP contribution in [-0.2, 0) is 32.7 Å². The van der Waals surface area contributed by atoms with Gasteiger partial charge in [0.2, 0.25) is 0 Å². The predicted octanol–water partition coefficient (Wildman–Crippen LogP) is 22.2. The van der Waals surface area contributed by atoms with Crippen LogP contribution in [0.2, 0.25) is 0 Å². The third kappa shape index (κ3) is 69.3. The highest BCUT2D eigenvalue weighted by Gasteiger charge is 2.22. The number of likely N-dealkylation sites (N-methyl/N-ethyl adjacent to an activating group) is 1. The summed E-state index contributed by atoms with van der Waals surface area (Å²) < 4.78 is 34.3. The Bertz CT molecular complexity index is 1910. The number of unbranched alkanes of at least 4 members (excludes halogenated alkanes) is 27. The molecule has 2 atom stereocenters. The number of carbonyl (C=O) groups excluding carboxylic acids is 2. The lowest BCUT2D eigenvalue weighted by Gasteiger charge is -2.28. The Balaban J connectivity index is 4.09. The summed E-state index contributed by atoms with van der Waals surface area (Å²) in [7, 11) is 1.15. The van der Waals surface area contributed by atoms with Crippen molar-refractivity contribution < 1.29 is 42.1 Å². The Hall–Kier alpha value is -3.85. The molecule has 0 aliphatic carbocycles. The van der Waals surface area contributed by atoms with E-state index < -0.39 is 26.5 Å². The standard InChI is InChI=1S/C76H130NO8P/c1-6-8-10-12-14-16-18-20-22-24-26-28-30-31-32-33-34-35-36-37-38-39-40-41-42-43-44-45-47-49-51-53-55-57-59-61-63-65-67-69-76(79)85-74(73-84-86(80,81)83-71-70-77(3,4)5)72-82-75(78)68-66-64-62-60-58-56-54-52-50-48-46-29-27-25-23-21-19-17-15-13-11-9-7-2/h8,10,14,16,19-22,25-28,31-32,34-35,37-38,40-41,43-44,74H,6-7,9,11-13,15,17-18,23-24,29-30,33,36,39,42,45-73H2,1-5H3/b10-8-,16-14-,21-19-,22-20-,27-25-,28-26-,32-31-,35-34-,38-37-,41-40-,44-43-. The second-order valence-electron chi connectivity index (χ2n) is 24.2. The third-order valence-corrected chi connectivity index (χ3v) is 15.6. The maximum atomic E-state index is 12.9. The summed E-state index contributed by atoms with van der Waals surface area (Å²) in [5.41, 5.74) is 0. The van der Waals surface area contributed by atoms with Crippen LogP contribution in [0.4, 0.5) is 0 Å². The van der Waals surface area contributed by atoms with Crippen LogP contribution in [-0.4, -0.2) is 70.0 Å². The Morgan fingerprint density at radius 3 is 0.988 bits per heavy atom. The average Bonchev–Trinajstić information content (AvgIpc) is 3.56. The summed E-state index contributed by atoms with van der Waals surface area (Å²) >= 11 is 0. The molecule has 9 nitrogen and oxygen atoms in total. The first-order chi connectivity index (χ1) is 42.0. The van der Waals surface area contributed by atoms with E-state index in [0.29, 0.717) is 17.4 Å². The van der Waals surface area contributed by atoms with E-state index in [0.717, 1.165) is 109 Å². The molecule has 0 amide bonds. The first kappa shape index (κ1) is 82.1. The number of nitrogens with zero attached hydrogens (tertiary/aromatic N) is 1. The number of quaternary nitrogens is 1. The van der Waals surface area contributed by atoms with Crippen LogP contribution < -0.4 is 4.89 Å². The van der Waals surface area contributed by atoms with E-state index >= 15 is 0 Å². The van der Waals surface area contributed by atoms with Gasteiger partial charge in [0.1, 0.15) is 19.8 Å². The van der Waals surface area contributed by atoms with Gasteiger partial charge in [-0.2, -0.15) is 0 Å². The van der Waals surface area contributed by atoms with Gasteiger partial charge in [0.05, 0.1) is 27.7 Å². The quantitative estimate of drug-likeness (QED) is 0.0195. The van der Waals surface area contributed by atoms with Crippen molar-refractivity contribution in [2.75, 3.05) is 47.5 Å². The lowest BCUT2D eigenvalue weighted by Crippen LogP contribution is -2.37. The van der Waals surface area contributed by atoms with Gasteiger partial charge in [0.15, 0.2) is 6.10 Å². The van der Waals surface area contributed by atoms with Gasteiger partial charge in [0.25, 0.3) is 7.82 Å². The van der Waals surface area contributed by atoms with Gasteiger partial charge in [-0.15, -0.1) is 0 Å². The Kier molecular flexibility index (Phi) is 62.7. The van der Waals surface area contributed by atoms with Crippen LogP contribution in [0.1, 0.15) is 284 Å². The number of hydrogen-bond donors (Lipinski definition) is 0. The SMILES string of the molecule is CC/C=C\C/C=C\C/C=C\C/C=C\C/C=C\C/C=C\C/C=C\C/C=C\C/C=C\CCCCCCCCCCCCCC(=O)OC(COC(=O)CCCCCCCCCCCCC/C=C\C/C=C\CCCCCCC)COP(=O)([O-])OCC[N+](C)(C)C. The van der Waals surface area contributed by atoms with E-state index in [2.05, 4.69) is 148 Å². The zero-order valence-corrected chi connectivity index (χ0v) is 56.9. The summed E-state index contributed by atoms with van der Waals surface area (Å²) in [5.74, 6) is -0.839. The maximum Gasteiger partial charge on any atom is 0.306 e. The van der Waals surface area contributed by atoms with Crippen molar-refractivity contribution in [2.24, 2.45) is 0 Å². The van der Waals surface area contributed by atoms with E-state index in [4.69, 9.17) is 18.5 Å². The summed E-state index contributed by atoms with van der Waals surface area (Å²) in [6.45, 7) is 4.12. The molecule has 10 heteroatoms. The first-order valence-electron chi connectivity index (χ1n) is 34.9. The molecule has 2 unspecified atom stereocenters. The maximum absolute atomic E-state index is 12.9. The van der Waals surface area contributed by atoms with Gasteiger partial charge in [0, 0.05) is 12.8 Å². The molecule has 0 heterocycles. The minimum atomic E-state index is -4.65. The van der Waals surface area contributed by atoms with Crippen LogP contribution in [0, 0.1) is 0 Å². The van der Waals surface area contributed by atoms with E-state index in [9.17, 15) is 19.0 Å². The number of phosphoric ester groups is 1. The van der Waals surface area contributed by atoms with Crippen molar-refractivity contribution in [3.8, 4) is 0 Å². The Labute approximate surface area is 530 Å². The number of allylic oxidation sites excluding steroid dienone is 22. The minimum absolute atomic E-state index is 0.0369. The molecule has 0 aromatic heterocycles. The molecule has 86 heavy (non-hydrogen) atoms. The van der Waals surface area contributed by atoms with Crippen LogP contribution in [0.5, 0.6) is 0 Å². The predicted molar refractivity (Wildman–Crippen MR) is 369 cm³/mol. The molecule has 0 aromatic rings. The molecule has 0 radical (unpaired) electrons. The van der Waals surface area contributed by atoms with Gasteiger partial charge in [-0.1, -0.05) is 289 Å². The summed E-state index contributed by atoms with van der Waals surface area (Å²) in [6, 6.07) is 0. The molecule has 0 fully saturated rings. The number of rotatable bonds is 63. The van der Waals surface area contributed by atoms with E-state index in [1.54, 1.807) is 0 Å². The van der Waals surface area contributed by atoms with Crippen molar-refractivity contribution in [3.05, 3.63) is 134 Å². The zero-order valence-electron chi connectivity index (χ0n) is 56.0. The molecule has 0 aliphatic rings. The van der Waals surface area contributed by atoms with Crippen LogP contribution >= 0.6 is 7.82 Å². The smallest absolute Gasteiger partial charge is 0.306 e. The number of ether oxygens (including phenoxy) is 2. The molecule has 0 bridgehead atoms. The first-order valence-corrected chi connectivity index (χ1v) is 36.4. The van der Waals surface area contributed by atoms with Gasteiger partial charge in [-0.25, -0.2) is 0 Å². The number of hydrogen-bond acceptors (Lipinski definition) is 8. The highest BCUT2D eigenvalue weighted by molar-refractivity contribution is 7.45. The molecule has 0 saturated carbocycles. The fraction of sp³-hybridized carbons (Fsp3) is 0.684. The van der Waals surface area contributed by atoms with E-state index in [1.165, 1.54) is 141 Å². The van der Waals surface area contributed by atoms with Gasteiger partial charge < -0.3 is 27.9 Å². The third-order valence-electron chi connectivity index (χ3n) is 14.7. The van der Waals surface area contributed by atoms with Crippen molar-refractivity contribution in [2.45, 2.75) is 290 Å². The molecule has 0 spiro atoms. The molecule has 492 valence electrons. The van der Waals surface area contributed by atoms with Gasteiger partial charge in [-0.3, -0.25) is 14.2 Å². The lowest BCUT2D eigenvalue weighted by atomic mass is 10.0. The average molecular weight is 1220 g/mol. The van der Waals surface area contributed by atoms with Crippen molar-refractivity contribution in [1.82, 2.24) is 0 Å². The van der Waals surface area contributed by atoms with Crippen molar-refractivity contribution in [3.63, 3.8) is 0 Å². The summed E-state index contributed by atoms with van der Waals surface area (Å²) in [4.78, 5) is 38.0. The zero-order chi connectivity index (χ0) is 62.6. The molecule has 0 saturated heterocycles. The summed E-state index contributed by atoms with van der Waals surface area (Å²) in [6.07, 6.45) is 95.2. The minimum Gasteiger partial charge on any atom is -0.756 e. The molecular weight excluding hydrogens is 1090 g/mol. The van der Waals surface area contributed by atoms with E-state index in [1.807, 2.05) is 21.1 Å². The molecule has 0 aliphatic heterocycles. The highest BCUT2D eigenvalue weighted by atomic mass is 31.2. The van der Waals surface area contributed by atoms with Crippen molar-refractivity contribution >= 4 is 19.8 Å². The normalized spacial score (nSPS) is 14.0. The van der Waals surface area contributed by atoms with E-state index in [-0.39, 0.29) is 32.0 Å². The molecule has 0 aromatic carbocycles. The van der Waals surface area contributed by atoms with Gasteiger partial charge in [-0.05, 0) is 116 Å². The largest absolute Gasteiger partial charge is 0.756 e. The monoisotopic (exact) mass is 1220 g/mol. The highest BCUT2D eigenvalue weighted by Crippen LogP contribution is 2.38. The molecule has 0 rings (SSSR count). The number of esters is 2. The van der Waals surface area contributed by atoms with Crippen molar-refractivity contribution in [1.29, 1.82) is 0 Å². The Morgan fingerprint density at radius 1 is 0.372 bits per heavy atom. The van der Waals surface area contributed by atoms with Gasteiger partial charge >= 0.3 is 11.9 Å². The summed E-state index contributed by atoms with van der Waals surface area (Å²) in [5, 5.41) is 0. The van der Waals surface area contributed by atoms with Crippen LogP contribution in [0.15, 0.2) is 134 Å². The topological polar surface area (TPSA) is 111 Å².